The molecule has 39 heavy (non-hydrogen) atoms. The van der Waals surface area contributed by atoms with Gasteiger partial charge in [0, 0.05) is 42.7 Å². The number of hydrogen-bond donors (Lipinski definition) is 2. The largest absolute Gasteiger partial charge is 0.397 e. The molecule has 6 rings (SSSR count). The fraction of sp³-hybridized carbons (Fsp3) is 0.188. The van der Waals surface area contributed by atoms with Crippen LogP contribution in [0.3, 0.4) is 0 Å². The normalized spacial score (nSPS) is 16.1. The quantitative estimate of drug-likeness (QED) is 0.356. The number of rotatable bonds is 5. The highest BCUT2D eigenvalue weighted by Gasteiger charge is 2.49. The third kappa shape index (κ3) is 4.66. The fourth-order valence-corrected chi connectivity index (χ4v) is 5.87. The van der Waals surface area contributed by atoms with Crippen LogP contribution in [0.15, 0.2) is 91.0 Å². The first-order valence-electron chi connectivity index (χ1n) is 12.9. The fourth-order valence-electron chi connectivity index (χ4n) is 5.87. The number of hydrogen-bond acceptors (Lipinski definition) is 4. The Morgan fingerprint density at radius 1 is 0.923 bits per heavy atom. The average molecular weight is 521 g/mol. The third-order valence-corrected chi connectivity index (χ3v) is 7.72. The van der Waals surface area contributed by atoms with Gasteiger partial charge in [-0.15, -0.1) is 0 Å². The Morgan fingerprint density at radius 3 is 2.33 bits per heavy atom. The van der Waals surface area contributed by atoms with Gasteiger partial charge in [0.05, 0.1) is 11.4 Å². The van der Waals surface area contributed by atoms with Gasteiger partial charge in [-0.3, -0.25) is 9.59 Å². The highest BCUT2D eigenvalue weighted by molar-refractivity contribution is 6.06. The average Bonchev–Trinajstić information content (AvgIpc) is 2.93. The SMILES string of the molecule is CN1CC2(C1)CN(Cc1ccc(C(=O)Nc3cc(-c4ccc(F)cc4)ccc3N)cc1)C(=O)c1ccccc12. The van der Waals surface area contributed by atoms with E-state index in [0.717, 1.165) is 40.9 Å². The van der Waals surface area contributed by atoms with Crippen LogP contribution in [0.2, 0.25) is 0 Å². The van der Waals surface area contributed by atoms with Crippen LogP contribution < -0.4 is 11.1 Å². The number of fused-ring (bicyclic) bond motifs is 2. The Bertz CT molecular complexity index is 1560. The van der Waals surface area contributed by atoms with E-state index in [9.17, 15) is 14.0 Å². The minimum atomic E-state index is -0.309. The summed E-state index contributed by atoms with van der Waals surface area (Å²) in [6.45, 7) is 3.02. The van der Waals surface area contributed by atoms with Crippen molar-refractivity contribution in [3.05, 3.63) is 119 Å². The van der Waals surface area contributed by atoms with Crippen LogP contribution >= 0.6 is 0 Å². The summed E-state index contributed by atoms with van der Waals surface area (Å²) in [5.74, 6) is -0.552. The number of nitrogens with zero attached hydrogens (tertiary/aromatic N) is 2. The number of likely N-dealkylation sites (N-methyl/N-ethyl adjacent to an activating group) is 1. The van der Waals surface area contributed by atoms with Crippen LogP contribution in [0.25, 0.3) is 11.1 Å². The molecule has 0 unspecified atom stereocenters. The third-order valence-electron chi connectivity index (χ3n) is 7.72. The molecule has 7 heteroatoms. The molecule has 2 aliphatic heterocycles. The number of nitrogens with one attached hydrogen (secondary N) is 1. The highest BCUT2D eigenvalue weighted by atomic mass is 19.1. The second-order valence-corrected chi connectivity index (χ2v) is 10.6. The van der Waals surface area contributed by atoms with Gasteiger partial charge in [-0.2, -0.15) is 0 Å². The van der Waals surface area contributed by atoms with Crippen LogP contribution in [0.1, 0.15) is 31.8 Å². The Morgan fingerprint density at radius 2 is 1.62 bits per heavy atom. The molecule has 3 N–H and O–H groups in total. The molecule has 0 atom stereocenters. The summed E-state index contributed by atoms with van der Waals surface area (Å²) >= 11 is 0. The lowest BCUT2D eigenvalue weighted by Gasteiger charge is -2.54. The van der Waals surface area contributed by atoms with E-state index in [-0.39, 0.29) is 23.0 Å². The van der Waals surface area contributed by atoms with Crippen LogP contribution in [0, 0.1) is 5.82 Å². The maximum atomic E-state index is 13.3. The second-order valence-electron chi connectivity index (χ2n) is 10.6. The van der Waals surface area contributed by atoms with E-state index in [1.165, 1.54) is 12.1 Å². The molecule has 0 aliphatic carbocycles. The zero-order chi connectivity index (χ0) is 27.1. The molecule has 2 amide bonds. The van der Waals surface area contributed by atoms with E-state index in [0.29, 0.717) is 30.0 Å². The summed E-state index contributed by atoms with van der Waals surface area (Å²) in [7, 11) is 2.10. The minimum Gasteiger partial charge on any atom is -0.397 e. The summed E-state index contributed by atoms with van der Waals surface area (Å²) in [6, 6.07) is 26.7. The van der Waals surface area contributed by atoms with Crippen molar-refractivity contribution in [3.63, 3.8) is 0 Å². The zero-order valence-corrected chi connectivity index (χ0v) is 21.7. The topological polar surface area (TPSA) is 78.7 Å². The molecule has 6 nitrogen and oxygen atoms in total. The van der Waals surface area contributed by atoms with Crippen molar-refractivity contribution >= 4 is 23.2 Å². The van der Waals surface area contributed by atoms with Crippen molar-refractivity contribution in [3.8, 4) is 11.1 Å². The summed E-state index contributed by atoms with van der Waals surface area (Å²) < 4.78 is 13.3. The van der Waals surface area contributed by atoms with Gasteiger partial charge in [0.2, 0.25) is 0 Å². The molecule has 0 aromatic heterocycles. The van der Waals surface area contributed by atoms with Crippen LogP contribution in [-0.2, 0) is 12.0 Å². The monoisotopic (exact) mass is 520 g/mol. The Kier molecular flexibility index (Phi) is 6.16. The van der Waals surface area contributed by atoms with Gasteiger partial charge in [0.25, 0.3) is 11.8 Å². The van der Waals surface area contributed by atoms with Crippen molar-refractivity contribution in [2.75, 3.05) is 37.7 Å². The zero-order valence-electron chi connectivity index (χ0n) is 21.7. The number of carbonyl (C=O) groups is 2. The Hall–Kier alpha value is -4.49. The van der Waals surface area contributed by atoms with E-state index in [4.69, 9.17) is 5.73 Å². The van der Waals surface area contributed by atoms with Gasteiger partial charge < -0.3 is 20.9 Å². The standard InChI is InChI=1S/C32H29FN4O2/c1-36-18-32(19-36)20-37(31(39)26-4-2-3-5-27(26)32)17-21-6-8-23(9-7-21)30(38)35-29-16-24(12-15-28(29)34)22-10-13-25(33)14-11-22/h2-16H,17-20,34H2,1H3,(H,35,38). The molecule has 2 heterocycles. The number of likely N-dealkylation sites (tertiary alicyclic amines) is 1. The van der Waals surface area contributed by atoms with Gasteiger partial charge >= 0.3 is 0 Å². The van der Waals surface area contributed by atoms with E-state index in [1.54, 1.807) is 36.4 Å². The number of nitrogen functional groups attached to an aromatic ring is 1. The van der Waals surface area contributed by atoms with Gasteiger partial charge in [-0.25, -0.2) is 4.39 Å². The molecule has 1 spiro atoms. The van der Waals surface area contributed by atoms with E-state index >= 15 is 0 Å². The van der Waals surface area contributed by atoms with E-state index < -0.39 is 0 Å². The van der Waals surface area contributed by atoms with Crippen molar-refractivity contribution in [2.24, 2.45) is 0 Å². The number of anilines is 2. The molecular formula is C32H29FN4O2. The summed E-state index contributed by atoms with van der Waals surface area (Å²) in [6.07, 6.45) is 0. The molecule has 4 aromatic rings. The van der Waals surface area contributed by atoms with Crippen LogP contribution in [0.4, 0.5) is 15.8 Å². The molecule has 4 aromatic carbocycles. The van der Waals surface area contributed by atoms with Crippen molar-refractivity contribution in [2.45, 2.75) is 12.0 Å². The number of amides is 2. The second kappa shape index (κ2) is 9.67. The molecule has 1 fully saturated rings. The van der Waals surface area contributed by atoms with Crippen molar-refractivity contribution < 1.29 is 14.0 Å². The van der Waals surface area contributed by atoms with Gasteiger partial charge in [0.15, 0.2) is 0 Å². The molecular weight excluding hydrogens is 491 g/mol. The first kappa shape index (κ1) is 24.8. The Labute approximate surface area is 226 Å². The minimum absolute atomic E-state index is 0.0263. The molecule has 0 saturated carbocycles. The predicted molar refractivity (Wildman–Crippen MR) is 151 cm³/mol. The maximum absolute atomic E-state index is 13.3. The number of benzene rings is 4. The van der Waals surface area contributed by atoms with Gasteiger partial charge in [-0.05, 0) is 71.8 Å². The smallest absolute Gasteiger partial charge is 0.255 e. The van der Waals surface area contributed by atoms with Gasteiger partial charge in [-0.1, -0.05) is 48.5 Å². The molecule has 196 valence electrons. The molecule has 0 bridgehead atoms. The summed E-state index contributed by atoms with van der Waals surface area (Å²) in [5, 5.41) is 2.89. The lowest BCUT2D eigenvalue weighted by Crippen LogP contribution is -2.65. The Balaban J connectivity index is 1.16. The molecule has 1 saturated heterocycles. The maximum Gasteiger partial charge on any atom is 0.255 e. The lowest BCUT2D eigenvalue weighted by atomic mass is 9.69. The number of halogens is 1. The van der Waals surface area contributed by atoms with E-state index in [2.05, 4.69) is 23.3 Å². The predicted octanol–water partition coefficient (Wildman–Crippen LogP) is 5.17. The number of carbonyl (C=O) groups excluding carboxylic acids is 2. The van der Waals surface area contributed by atoms with Crippen molar-refractivity contribution in [1.29, 1.82) is 0 Å². The van der Waals surface area contributed by atoms with E-state index in [1.807, 2.05) is 41.3 Å². The van der Waals surface area contributed by atoms with Crippen LogP contribution in [-0.4, -0.2) is 48.3 Å². The summed E-state index contributed by atoms with van der Waals surface area (Å²) in [4.78, 5) is 30.5. The highest BCUT2D eigenvalue weighted by Crippen LogP contribution is 2.40. The van der Waals surface area contributed by atoms with Crippen molar-refractivity contribution in [1.82, 2.24) is 9.80 Å². The molecule has 0 radical (unpaired) electrons. The number of nitrogens with two attached hydrogens (primary N) is 1. The first-order valence-corrected chi connectivity index (χ1v) is 12.9. The van der Waals surface area contributed by atoms with Gasteiger partial charge in [0.1, 0.15) is 5.82 Å². The lowest BCUT2D eigenvalue weighted by molar-refractivity contribution is 0.0317. The summed E-state index contributed by atoms with van der Waals surface area (Å²) in [5.41, 5.74) is 12.0. The molecule has 2 aliphatic rings. The first-order chi connectivity index (χ1) is 18.8. The van der Waals surface area contributed by atoms with Crippen LogP contribution in [0.5, 0.6) is 0 Å².